The fourth-order valence-electron chi connectivity index (χ4n) is 2.45. The van der Waals surface area contributed by atoms with Gasteiger partial charge >= 0.3 is 29.6 Å². The molecule has 1 atom stereocenters. The van der Waals surface area contributed by atoms with Crippen LogP contribution in [0.15, 0.2) is 49.6 Å². The third-order valence-electron chi connectivity index (χ3n) is 4.06. The molecule has 2 amide bonds. The van der Waals surface area contributed by atoms with E-state index in [9.17, 15) is 19.5 Å². The van der Waals surface area contributed by atoms with Gasteiger partial charge in [-0.25, -0.2) is 0 Å². The Bertz CT molecular complexity index is 708. The number of rotatable bonds is 16. The van der Waals surface area contributed by atoms with Gasteiger partial charge in [-0.3, -0.25) is 9.59 Å². The number of carboxylic acid groups (broad SMARTS) is 1. The Hall–Kier alpha value is -2.13. The molecule has 31 heavy (non-hydrogen) atoms. The van der Waals surface area contributed by atoms with Crippen LogP contribution < -0.4 is 50.0 Å². The maximum atomic E-state index is 11.4. The molecule has 0 saturated heterocycles. The van der Waals surface area contributed by atoms with Crippen molar-refractivity contribution >= 4 is 17.8 Å². The third kappa shape index (κ3) is 13.0. The first-order valence-electron chi connectivity index (χ1n) is 9.83. The normalized spacial score (nSPS) is 10.8. The molecular weight excluding hydrogens is 411 g/mol. The van der Waals surface area contributed by atoms with Crippen LogP contribution in [0.2, 0.25) is 0 Å². The average Bonchev–Trinajstić information content (AvgIpc) is 2.75. The summed E-state index contributed by atoms with van der Waals surface area (Å²) in [5.41, 5.74) is 0.467. The summed E-state index contributed by atoms with van der Waals surface area (Å²) in [5, 5.41) is 16.7. The number of hydrogen-bond acceptors (Lipinski definition) is 6. The van der Waals surface area contributed by atoms with Crippen LogP contribution in [0, 0.1) is 0 Å². The Balaban J connectivity index is 0.00000900. The van der Waals surface area contributed by atoms with E-state index >= 15 is 0 Å². The second kappa shape index (κ2) is 17.5. The van der Waals surface area contributed by atoms with Gasteiger partial charge in [0.05, 0.1) is 12.6 Å². The van der Waals surface area contributed by atoms with Crippen molar-refractivity contribution in [2.24, 2.45) is 0 Å². The topological polar surface area (TPSA) is 117 Å². The van der Waals surface area contributed by atoms with Gasteiger partial charge in [-0.15, -0.1) is 0 Å². The Morgan fingerprint density at radius 1 is 0.903 bits per heavy atom. The van der Waals surface area contributed by atoms with Crippen molar-refractivity contribution in [2.45, 2.75) is 31.8 Å². The number of carbonyl (C=O) groups excluding carboxylic acids is 3. The first-order chi connectivity index (χ1) is 14.5. The van der Waals surface area contributed by atoms with E-state index in [1.807, 2.05) is 0 Å². The molecule has 0 spiro atoms. The zero-order valence-corrected chi connectivity index (χ0v) is 20.1. The van der Waals surface area contributed by atoms with E-state index in [0.29, 0.717) is 43.9 Å². The minimum Gasteiger partial charge on any atom is -0.547 e. The van der Waals surface area contributed by atoms with Crippen molar-refractivity contribution in [3.63, 3.8) is 0 Å². The zero-order chi connectivity index (χ0) is 22.2. The Morgan fingerprint density at radius 3 is 1.90 bits per heavy atom. The van der Waals surface area contributed by atoms with Crippen LogP contribution in [-0.2, 0) is 19.1 Å². The minimum atomic E-state index is -1.31. The van der Waals surface area contributed by atoms with Gasteiger partial charge in [0.1, 0.15) is 11.9 Å². The van der Waals surface area contributed by atoms with Crippen molar-refractivity contribution in [3.05, 3.63) is 55.1 Å². The fourth-order valence-corrected chi connectivity index (χ4v) is 2.45. The quantitative estimate of drug-likeness (QED) is 0.175. The molecule has 0 aliphatic carbocycles. The standard InChI is InChI=1S/C22H30N2O6.Na/c1-3-19(25)23-13-5-7-15-29-18-11-9-17(10-12-18)21(22(27)28)30-16-8-6-14-24-20(26)4-2;/h3-4,9-12,21H,1-2,5-8,13-16H2,(H,23,25)(H,24,26)(H,27,28);/q;+1/p-1. The van der Waals surface area contributed by atoms with E-state index in [1.165, 1.54) is 12.2 Å². The second-order valence-electron chi connectivity index (χ2n) is 6.39. The third-order valence-corrected chi connectivity index (χ3v) is 4.06. The number of amides is 2. The molecule has 0 aromatic heterocycles. The Morgan fingerprint density at radius 2 is 1.42 bits per heavy atom. The van der Waals surface area contributed by atoms with E-state index in [0.717, 1.165) is 12.8 Å². The smallest absolute Gasteiger partial charge is 0.547 e. The zero-order valence-electron chi connectivity index (χ0n) is 18.1. The van der Waals surface area contributed by atoms with E-state index in [-0.39, 0.29) is 48.0 Å². The first kappa shape index (κ1) is 28.9. The Kier molecular flexibility index (Phi) is 16.3. The monoisotopic (exact) mass is 440 g/mol. The average molecular weight is 440 g/mol. The molecule has 2 N–H and O–H groups in total. The molecule has 0 saturated carbocycles. The molecule has 8 nitrogen and oxygen atoms in total. The number of hydrogen-bond donors (Lipinski definition) is 2. The van der Waals surface area contributed by atoms with Crippen LogP contribution >= 0.6 is 0 Å². The van der Waals surface area contributed by atoms with Gasteiger partial charge in [0.15, 0.2) is 0 Å². The van der Waals surface area contributed by atoms with Gasteiger partial charge in [-0.05, 0) is 55.5 Å². The summed E-state index contributed by atoms with van der Waals surface area (Å²) in [6.45, 7) is 8.47. The largest absolute Gasteiger partial charge is 1.00 e. The van der Waals surface area contributed by atoms with Crippen molar-refractivity contribution in [1.82, 2.24) is 10.6 Å². The van der Waals surface area contributed by atoms with Gasteiger partial charge in [0.2, 0.25) is 11.8 Å². The molecule has 1 unspecified atom stereocenters. The molecule has 1 aromatic rings. The predicted molar refractivity (Wildman–Crippen MR) is 111 cm³/mol. The van der Waals surface area contributed by atoms with E-state index in [1.54, 1.807) is 24.3 Å². The van der Waals surface area contributed by atoms with Crippen LogP contribution in [0.1, 0.15) is 37.4 Å². The number of carboxylic acids is 1. The van der Waals surface area contributed by atoms with Gasteiger partial charge in [-0.2, -0.15) is 0 Å². The van der Waals surface area contributed by atoms with Crippen molar-refractivity contribution in [2.75, 3.05) is 26.3 Å². The van der Waals surface area contributed by atoms with Crippen LogP contribution in [0.5, 0.6) is 5.75 Å². The fraction of sp³-hybridized carbons (Fsp3) is 0.409. The molecule has 9 heteroatoms. The molecule has 0 fully saturated rings. The summed E-state index contributed by atoms with van der Waals surface area (Å²) in [7, 11) is 0. The van der Waals surface area contributed by atoms with Crippen molar-refractivity contribution in [3.8, 4) is 5.75 Å². The van der Waals surface area contributed by atoms with Gasteiger partial charge in [0.25, 0.3) is 0 Å². The summed E-state index contributed by atoms with van der Waals surface area (Å²) in [5.74, 6) is -1.14. The number of benzene rings is 1. The van der Waals surface area contributed by atoms with Crippen LogP contribution in [0.3, 0.4) is 0 Å². The number of ether oxygens (including phenoxy) is 2. The molecule has 0 bridgehead atoms. The summed E-state index contributed by atoms with van der Waals surface area (Å²) in [6, 6.07) is 6.62. The first-order valence-corrected chi connectivity index (χ1v) is 9.83. The molecule has 164 valence electrons. The summed E-state index contributed by atoms with van der Waals surface area (Å²) in [6.07, 6.45) is 4.03. The second-order valence-corrected chi connectivity index (χ2v) is 6.39. The molecule has 1 aromatic carbocycles. The number of aliphatic carboxylic acids is 1. The molecule has 0 heterocycles. The minimum absolute atomic E-state index is 0. The van der Waals surface area contributed by atoms with Crippen LogP contribution in [-0.4, -0.2) is 44.1 Å². The predicted octanol–water partition coefficient (Wildman–Crippen LogP) is -1.96. The Labute approximate surface area is 205 Å². The SMILES string of the molecule is C=CC(=O)NCCCCOc1ccc(C(OCCCCNC(=O)C=C)C(=O)[O-])cc1.[Na+]. The molecule has 0 radical (unpaired) electrons. The maximum Gasteiger partial charge on any atom is 1.00 e. The van der Waals surface area contributed by atoms with Gasteiger partial charge < -0.3 is 30.0 Å². The van der Waals surface area contributed by atoms with Crippen LogP contribution in [0.4, 0.5) is 0 Å². The summed E-state index contributed by atoms with van der Waals surface area (Å²) < 4.78 is 11.0. The number of nitrogens with one attached hydrogen (secondary N) is 2. The van der Waals surface area contributed by atoms with Gasteiger partial charge in [0, 0.05) is 19.7 Å². The van der Waals surface area contributed by atoms with Crippen molar-refractivity contribution < 1.29 is 58.5 Å². The molecule has 0 aliphatic heterocycles. The molecule has 0 aliphatic rings. The molecular formula is C22H29N2NaO6. The number of unbranched alkanes of at least 4 members (excludes halogenated alkanes) is 2. The van der Waals surface area contributed by atoms with E-state index in [2.05, 4.69) is 23.8 Å². The van der Waals surface area contributed by atoms with Gasteiger partial charge in [-0.1, -0.05) is 25.3 Å². The number of carbonyl (C=O) groups is 3. The van der Waals surface area contributed by atoms with E-state index in [4.69, 9.17) is 9.47 Å². The van der Waals surface area contributed by atoms with Crippen molar-refractivity contribution in [1.29, 1.82) is 0 Å². The summed E-state index contributed by atoms with van der Waals surface area (Å²) >= 11 is 0. The van der Waals surface area contributed by atoms with Crippen LogP contribution in [0.25, 0.3) is 0 Å². The summed E-state index contributed by atoms with van der Waals surface area (Å²) in [4.78, 5) is 33.4. The van der Waals surface area contributed by atoms with E-state index < -0.39 is 12.1 Å². The maximum absolute atomic E-state index is 11.4. The molecule has 1 rings (SSSR count).